The molecule has 2 unspecified atom stereocenters. The van der Waals surface area contributed by atoms with Crippen LogP contribution in [-0.2, 0) is 6.54 Å². The molecule has 3 rings (SSSR count). The maximum atomic E-state index is 11.8. The molecular weight excluding hydrogens is 292 g/mol. The maximum absolute atomic E-state index is 11.8. The highest BCUT2D eigenvalue weighted by atomic mass is 35.5. The van der Waals surface area contributed by atoms with Gasteiger partial charge in [-0.1, -0.05) is 41.9 Å². The lowest BCUT2D eigenvalue weighted by atomic mass is 10.1. The van der Waals surface area contributed by atoms with E-state index in [4.69, 9.17) is 11.6 Å². The van der Waals surface area contributed by atoms with Crippen LogP contribution in [0, 0.1) is 0 Å². The van der Waals surface area contributed by atoms with Crippen LogP contribution in [0.4, 0.5) is 4.79 Å². The molecule has 3 nitrogen and oxygen atoms in total. The molecule has 1 fully saturated rings. The van der Waals surface area contributed by atoms with E-state index in [1.807, 2.05) is 30.3 Å². The largest absolute Gasteiger partial charge is 0.335 e. The minimum atomic E-state index is -0.113. The zero-order valence-electron chi connectivity index (χ0n) is 10.8. The van der Waals surface area contributed by atoms with Crippen molar-refractivity contribution in [2.45, 2.75) is 24.9 Å². The van der Waals surface area contributed by atoms with Crippen LogP contribution in [0.2, 0.25) is 4.34 Å². The normalized spacial score (nSPS) is 20.4. The van der Waals surface area contributed by atoms with E-state index in [0.717, 1.165) is 15.6 Å². The molecule has 1 saturated carbocycles. The van der Waals surface area contributed by atoms with E-state index >= 15 is 0 Å². The van der Waals surface area contributed by atoms with Gasteiger partial charge in [0.2, 0.25) is 0 Å². The Morgan fingerprint density at radius 2 is 2.05 bits per heavy atom. The molecule has 2 amide bonds. The Balaban J connectivity index is 1.44. The molecule has 1 aromatic heterocycles. The number of urea groups is 1. The highest BCUT2D eigenvalue weighted by Gasteiger charge is 2.39. The van der Waals surface area contributed by atoms with Gasteiger partial charge < -0.3 is 10.6 Å². The maximum Gasteiger partial charge on any atom is 0.315 e. The molecule has 20 heavy (non-hydrogen) atoms. The van der Waals surface area contributed by atoms with Gasteiger partial charge in [0.1, 0.15) is 0 Å². The molecule has 0 radical (unpaired) electrons. The van der Waals surface area contributed by atoms with Gasteiger partial charge in [-0.2, -0.15) is 0 Å². The van der Waals surface area contributed by atoms with Crippen LogP contribution >= 0.6 is 22.9 Å². The van der Waals surface area contributed by atoms with E-state index < -0.39 is 0 Å². The van der Waals surface area contributed by atoms with Crippen LogP contribution in [-0.4, -0.2) is 12.1 Å². The fourth-order valence-electron chi connectivity index (χ4n) is 2.26. The Kier molecular flexibility index (Phi) is 3.94. The standard InChI is InChI=1S/C15H15ClN2OS/c16-14-7-6-11(20-14)9-17-15(19)18-13-8-12(13)10-4-2-1-3-5-10/h1-7,12-13H,8-9H2,(H2,17,18,19). The number of benzene rings is 1. The van der Waals surface area contributed by atoms with Crippen LogP contribution < -0.4 is 10.6 Å². The van der Waals surface area contributed by atoms with E-state index in [0.29, 0.717) is 12.5 Å². The predicted octanol–water partition coefficient (Wildman–Crippen LogP) is 3.76. The van der Waals surface area contributed by atoms with Gasteiger partial charge in [0, 0.05) is 16.8 Å². The quantitative estimate of drug-likeness (QED) is 0.887. The second kappa shape index (κ2) is 5.85. The number of rotatable bonds is 4. The molecule has 104 valence electrons. The van der Waals surface area contributed by atoms with Gasteiger partial charge in [-0.15, -0.1) is 11.3 Å². The van der Waals surface area contributed by atoms with Gasteiger partial charge in [0.25, 0.3) is 0 Å². The molecule has 2 N–H and O–H groups in total. The predicted molar refractivity (Wildman–Crippen MR) is 82.3 cm³/mol. The first kappa shape index (κ1) is 13.5. The molecule has 0 bridgehead atoms. The molecule has 2 atom stereocenters. The topological polar surface area (TPSA) is 41.1 Å². The third-order valence-corrected chi connectivity index (χ3v) is 4.62. The Labute approximate surface area is 127 Å². The van der Waals surface area contributed by atoms with Crippen LogP contribution in [0.3, 0.4) is 0 Å². The van der Waals surface area contributed by atoms with E-state index in [9.17, 15) is 4.79 Å². The minimum Gasteiger partial charge on any atom is -0.335 e. The Hall–Kier alpha value is -1.52. The van der Waals surface area contributed by atoms with Crippen molar-refractivity contribution in [2.24, 2.45) is 0 Å². The summed E-state index contributed by atoms with van der Waals surface area (Å²) in [4.78, 5) is 12.9. The fourth-order valence-corrected chi connectivity index (χ4v) is 3.28. The molecule has 0 aliphatic heterocycles. The number of nitrogens with one attached hydrogen (secondary N) is 2. The van der Waals surface area contributed by atoms with Gasteiger partial charge >= 0.3 is 6.03 Å². The van der Waals surface area contributed by atoms with Crippen molar-refractivity contribution >= 4 is 29.0 Å². The fraction of sp³-hybridized carbons (Fsp3) is 0.267. The summed E-state index contributed by atoms with van der Waals surface area (Å²) in [6.07, 6.45) is 1.02. The van der Waals surface area contributed by atoms with Crippen molar-refractivity contribution in [3.8, 4) is 0 Å². The third-order valence-electron chi connectivity index (χ3n) is 3.39. The summed E-state index contributed by atoms with van der Waals surface area (Å²) in [5.41, 5.74) is 1.29. The van der Waals surface area contributed by atoms with Crippen molar-refractivity contribution in [3.05, 3.63) is 57.2 Å². The zero-order chi connectivity index (χ0) is 13.9. The lowest BCUT2D eigenvalue weighted by Crippen LogP contribution is -2.36. The lowest BCUT2D eigenvalue weighted by molar-refractivity contribution is 0.240. The molecule has 5 heteroatoms. The van der Waals surface area contributed by atoms with Gasteiger partial charge in [-0.3, -0.25) is 0 Å². The van der Waals surface area contributed by atoms with Crippen LogP contribution in [0.5, 0.6) is 0 Å². The Morgan fingerprint density at radius 3 is 2.75 bits per heavy atom. The van der Waals surface area contributed by atoms with Crippen molar-refractivity contribution in [3.63, 3.8) is 0 Å². The summed E-state index contributed by atoms with van der Waals surface area (Å²) in [6, 6.07) is 14.2. The second-order valence-electron chi connectivity index (χ2n) is 4.89. The van der Waals surface area contributed by atoms with Gasteiger partial charge in [0.05, 0.1) is 10.9 Å². The molecule has 1 aliphatic carbocycles. The van der Waals surface area contributed by atoms with Crippen molar-refractivity contribution in [2.75, 3.05) is 0 Å². The first-order chi connectivity index (χ1) is 9.72. The monoisotopic (exact) mass is 306 g/mol. The first-order valence-corrected chi connectivity index (χ1v) is 7.75. The van der Waals surface area contributed by atoms with Gasteiger partial charge in [-0.25, -0.2) is 4.79 Å². The Morgan fingerprint density at radius 1 is 1.25 bits per heavy atom. The second-order valence-corrected chi connectivity index (χ2v) is 6.69. The summed E-state index contributed by atoms with van der Waals surface area (Å²) in [6.45, 7) is 0.520. The molecule has 2 aromatic rings. The number of hydrogen-bond donors (Lipinski definition) is 2. The highest BCUT2D eigenvalue weighted by Crippen LogP contribution is 2.40. The number of halogens is 1. The highest BCUT2D eigenvalue weighted by molar-refractivity contribution is 7.16. The van der Waals surface area contributed by atoms with Crippen molar-refractivity contribution in [1.82, 2.24) is 10.6 Å². The average molecular weight is 307 g/mol. The molecule has 1 aliphatic rings. The SMILES string of the molecule is O=C(NCc1ccc(Cl)s1)NC1CC1c1ccccc1. The van der Waals surface area contributed by atoms with Gasteiger partial charge in [-0.05, 0) is 24.1 Å². The number of carbonyl (C=O) groups excluding carboxylic acids is 1. The summed E-state index contributed by atoms with van der Waals surface area (Å²) < 4.78 is 0.744. The first-order valence-electron chi connectivity index (χ1n) is 6.56. The van der Waals surface area contributed by atoms with E-state index in [2.05, 4.69) is 22.8 Å². The lowest BCUT2D eigenvalue weighted by Gasteiger charge is -2.06. The van der Waals surface area contributed by atoms with E-state index in [1.54, 1.807) is 0 Å². The third kappa shape index (κ3) is 3.32. The zero-order valence-corrected chi connectivity index (χ0v) is 12.4. The Bertz CT molecular complexity index is 599. The number of hydrogen-bond acceptors (Lipinski definition) is 2. The van der Waals surface area contributed by atoms with Crippen LogP contribution in [0.15, 0.2) is 42.5 Å². The molecule has 1 heterocycles. The molecule has 0 spiro atoms. The van der Waals surface area contributed by atoms with E-state index in [1.165, 1.54) is 16.9 Å². The summed E-state index contributed by atoms with van der Waals surface area (Å²) >= 11 is 7.33. The summed E-state index contributed by atoms with van der Waals surface area (Å²) in [5.74, 6) is 0.457. The average Bonchev–Trinajstić information content (AvgIpc) is 3.09. The smallest absolute Gasteiger partial charge is 0.315 e. The van der Waals surface area contributed by atoms with Crippen LogP contribution in [0.1, 0.15) is 22.8 Å². The van der Waals surface area contributed by atoms with Gasteiger partial charge in [0.15, 0.2) is 0 Å². The summed E-state index contributed by atoms with van der Waals surface area (Å²) in [5, 5.41) is 5.86. The van der Waals surface area contributed by atoms with Crippen molar-refractivity contribution in [1.29, 1.82) is 0 Å². The molecule has 1 aromatic carbocycles. The number of thiophene rings is 1. The summed E-state index contributed by atoms with van der Waals surface area (Å²) in [7, 11) is 0. The van der Waals surface area contributed by atoms with Crippen LogP contribution in [0.25, 0.3) is 0 Å². The van der Waals surface area contributed by atoms with E-state index in [-0.39, 0.29) is 12.1 Å². The molecule has 0 saturated heterocycles. The van der Waals surface area contributed by atoms with Crippen molar-refractivity contribution < 1.29 is 4.79 Å². The number of amides is 2. The molecular formula is C15H15ClN2OS. The number of carbonyl (C=O) groups is 1. The minimum absolute atomic E-state index is 0.113.